The van der Waals surface area contributed by atoms with Gasteiger partial charge in [0, 0.05) is 23.9 Å². The highest BCUT2D eigenvalue weighted by atomic mass is 32.2. The van der Waals surface area contributed by atoms with Gasteiger partial charge < -0.3 is 9.73 Å². The van der Waals surface area contributed by atoms with Crippen LogP contribution >= 0.6 is 11.8 Å². The number of aryl methyl sites for hydroxylation is 1. The Kier molecular flexibility index (Phi) is 6.09. The number of hydrogen-bond donors (Lipinski definition) is 1. The average Bonchev–Trinajstić information content (AvgIpc) is 2.60. The van der Waals surface area contributed by atoms with Gasteiger partial charge in [-0.15, -0.1) is 0 Å². The predicted octanol–water partition coefficient (Wildman–Crippen LogP) is 2.49. The van der Waals surface area contributed by atoms with E-state index in [0.717, 1.165) is 30.4 Å². The normalized spacial score (nSPS) is 13.3. The van der Waals surface area contributed by atoms with Crippen molar-refractivity contribution in [3.63, 3.8) is 0 Å². The fourth-order valence-electron chi connectivity index (χ4n) is 1.80. The van der Waals surface area contributed by atoms with Crippen molar-refractivity contribution in [1.82, 2.24) is 10.2 Å². The van der Waals surface area contributed by atoms with E-state index in [1.54, 1.807) is 0 Å². The highest BCUT2D eigenvalue weighted by Crippen LogP contribution is 2.17. The zero-order valence-corrected chi connectivity index (χ0v) is 12.4. The summed E-state index contributed by atoms with van der Waals surface area (Å²) in [6.45, 7) is 6.04. The lowest BCUT2D eigenvalue weighted by Gasteiger charge is -2.22. The van der Waals surface area contributed by atoms with Gasteiger partial charge in [-0.1, -0.05) is 0 Å². The van der Waals surface area contributed by atoms with Crippen LogP contribution in [-0.4, -0.2) is 37.0 Å². The summed E-state index contributed by atoms with van der Waals surface area (Å²) in [5, 5.41) is 3.16. The maximum atomic E-state index is 5.78. The van der Waals surface area contributed by atoms with Crippen LogP contribution in [0.3, 0.4) is 0 Å². The first-order valence-corrected chi connectivity index (χ1v) is 7.39. The minimum absolute atomic E-state index is 0.572. The minimum atomic E-state index is 0.572. The molecule has 0 aliphatic heterocycles. The summed E-state index contributed by atoms with van der Waals surface area (Å²) in [4.78, 5) is 2.33. The van der Waals surface area contributed by atoms with Crippen LogP contribution in [0.5, 0.6) is 0 Å². The molecule has 1 unspecified atom stereocenters. The van der Waals surface area contributed by atoms with Gasteiger partial charge in [0.05, 0.1) is 6.54 Å². The van der Waals surface area contributed by atoms with Gasteiger partial charge in [-0.2, -0.15) is 11.8 Å². The quantitative estimate of drug-likeness (QED) is 0.811. The van der Waals surface area contributed by atoms with E-state index in [-0.39, 0.29) is 0 Å². The molecule has 1 aromatic rings. The van der Waals surface area contributed by atoms with Gasteiger partial charge in [-0.3, -0.25) is 4.90 Å². The summed E-state index contributed by atoms with van der Waals surface area (Å²) in [5.74, 6) is 3.24. The van der Waals surface area contributed by atoms with Gasteiger partial charge in [-0.05, 0) is 40.3 Å². The number of thioether (sulfide) groups is 1. The molecule has 0 saturated carbocycles. The van der Waals surface area contributed by atoms with E-state index in [9.17, 15) is 0 Å². The lowest BCUT2D eigenvalue weighted by atomic mass is 10.2. The molecule has 1 rings (SSSR count). The van der Waals surface area contributed by atoms with Gasteiger partial charge in [0.25, 0.3) is 0 Å². The molecule has 4 heteroatoms. The summed E-state index contributed by atoms with van der Waals surface area (Å²) in [7, 11) is 4.11. The van der Waals surface area contributed by atoms with Crippen molar-refractivity contribution in [3.05, 3.63) is 23.2 Å². The molecule has 0 aliphatic carbocycles. The summed E-state index contributed by atoms with van der Waals surface area (Å²) < 4.78 is 5.78. The molecule has 1 aromatic heterocycles. The predicted molar refractivity (Wildman–Crippen MR) is 75.5 cm³/mol. The summed E-state index contributed by atoms with van der Waals surface area (Å²) in [6.07, 6.45) is 2.15. The van der Waals surface area contributed by atoms with E-state index in [2.05, 4.69) is 36.5 Å². The van der Waals surface area contributed by atoms with Crippen molar-refractivity contribution in [1.29, 1.82) is 0 Å². The van der Waals surface area contributed by atoms with Crippen LogP contribution in [0.2, 0.25) is 0 Å². The minimum Gasteiger partial charge on any atom is -0.465 e. The molecule has 17 heavy (non-hydrogen) atoms. The second-order valence-corrected chi connectivity index (χ2v) is 5.45. The Morgan fingerprint density at radius 3 is 2.82 bits per heavy atom. The van der Waals surface area contributed by atoms with Crippen LogP contribution in [0, 0.1) is 6.92 Å². The fraction of sp³-hybridized carbons (Fsp3) is 0.692. The highest BCUT2D eigenvalue weighted by molar-refractivity contribution is 7.98. The molecule has 0 saturated heterocycles. The van der Waals surface area contributed by atoms with Crippen LogP contribution in [-0.2, 0) is 13.1 Å². The third-order valence-electron chi connectivity index (χ3n) is 3.00. The Morgan fingerprint density at radius 2 is 2.24 bits per heavy atom. The Labute approximate surface area is 109 Å². The highest BCUT2D eigenvalue weighted by Gasteiger charge is 2.12. The van der Waals surface area contributed by atoms with Crippen LogP contribution < -0.4 is 5.32 Å². The van der Waals surface area contributed by atoms with Gasteiger partial charge in [0.1, 0.15) is 11.5 Å². The molecular formula is C13H24N2OS. The molecule has 1 atom stereocenters. The maximum Gasteiger partial charge on any atom is 0.118 e. The van der Waals surface area contributed by atoms with Crippen LogP contribution in [0.25, 0.3) is 0 Å². The average molecular weight is 256 g/mol. The van der Waals surface area contributed by atoms with Gasteiger partial charge in [0.15, 0.2) is 0 Å². The Morgan fingerprint density at radius 1 is 1.53 bits per heavy atom. The molecule has 1 N–H and O–H groups in total. The topological polar surface area (TPSA) is 28.4 Å². The molecule has 0 amide bonds. The smallest absolute Gasteiger partial charge is 0.118 e. The monoisotopic (exact) mass is 256 g/mol. The number of nitrogens with one attached hydrogen (secondary N) is 1. The first-order valence-electron chi connectivity index (χ1n) is 6.00. The fourth-order valence-corrected chi connectivity index (χ4v) is 2.54. The zero-order valence-electron chi connectivity index (χ0n) is 11.5. The first kappa shape index (κ1) is 14.6. The van der Waals surface area contributed by atoms with E-state index in [1.165, 1.54) is 5.56 Å². The molecule has 0 radical (unpaired) electrons. The summed E-state index contributed by atoms with van der Waals surface area (Å²) in [5.41, 5.74) is 1.26. The summed E-state index contributed by atoms with van der Waals surface area (Å²) in [6, 6.07) is 2.73. The molecule has 98 valence electrons. The molecule has 0 aromatic carbocycles. The number of nitrogens with zero attached hydrogens (tertiary/aromatic N) is 1. The number of furan rings is 1. The van der Waals surface area contributed by atoms with Crippen molar-refractivity contribution >= 4 is 11.8 Å². The molecule has 0 spiro atoms. The van der Waals surface area contributed by atoms with E-state index in [0.29, 0.717) is 6.04 Å². The third kappa shape index (κ3) is 4.37. The molecule has 3 nitrogen and oxygen atoms in total. The van der Waals surface area contributed by atoms with Crippen molar-refractivity contribution in [3.8, 4) is 0 Å². The van der Waals surface area contributed by atoms with Crippen molar-refractivity contribution in [2.24, 2.45) is 0 Å². The van der Waals surface area contributed by atoms with Gasteiger partial charge >= 0.3 is 0 Å². The molecule has 0 bridgehead atoms. The zero-order chi connectivity index (χ0) is 12.8. The van der Waals surface area contributed by atoms with Crippen LogP contribution in [0.15, 0.2) is 10.5 Å². The molecular weight excluding hydrogens is 232 g/mol. The van der Waals surface area contributed by atoms with E-state index >= 15 is 0 Å². The lowest BCUT2D eigenvalue weighted by Crippen LogP contribution is -2.30. The van der Waals surface area contributed by atoms with Crippen molar-refractivity contribution < 1.29 is 4.42 Å². The maximum absolute atomic E-state index is 5.78. The van der Waals surface area contributed by atoms with E-state index in [4.69, 9.17) is 4.42 Å². The number of rotatable bonds is 7. The second-order valence-electron chi connectivity index (χ2n) is 4.54. The Hall–Kier alpha value is -0.450. The largest absolute Gasteiger partial charge is 0.465 e. The Balaban J connectivity index is 2.59. The van der Waals surface area contributed by atoms with Crippen molar-refractivity contribution in [2.45, 2.75) is 33.0 Å². The third-order valence-corrected chi connectivity index (χ3v) is 3.82. The second kappa shape index (κ2) is 7.09. The molecule has 1 heterocycles. The lowest BCUT2D eigenvalue weighted by molar-refractivity contribution is 0.245. The van der Waals surface area contributed by atoms with Crippen LogP contribution in [0.4, 0.5) is 0 Å². The first-order chi connectivity index (χ1) is 8.08. The summed E-state index contributed by atoms with van der Waals surface area (Å²) >= 11 is 1.88. The van der Waals surface area contributed by atoms with E-state index in [1.807, 2.05) is 25.7 Å². The SMILES string of the molecule is CNCc1cc(CN(C)C(C)CSC)oc1C. The molecule has 0 fully saturated rings. The Bertz CT molecular complexity index is 338. The number of hydrogen-bond acceptors (Lipinski definition) is 4. The standard InChI is InChI=1S/C13H24N2OS/c1-10(9-17-5)15(4)8-13-6-12(7-14-3)11(2)16-13/h6,10,14H,7-9H2,1-5H3. The van der Waals surface area contributed by atoms with Crippen molar-refractivity contribution in [2.75, 3.05) is 26.1 Å². The van der Waals surface area contributed by atoms with E-state index < -0.39 is 0 Å². The van der Waals surface area contributed by atoms with Crippen LogP contribution in [0.1, 0.15) is 24.0 Å². The van der Waals surface area contributed by atoms with Gasteiger partial charge in [0.2, 0.25) is 0 Å². The molecule has 0 aliphatic rings. The van der Waals surface area contributed by atoms with Gasteiger partial charge in [-0.25, -0.2) is 0 Å².